The summed E-state index contributed by atoms with van der Waals surface area (Å²) in [7, 11) is 0. The number of rotatable bonds is 7. The van der Waals surface area contributed by atoms with Gasteiger partial charge in [-0.1, -0.05) is 31.2 Å². The highest BCUT2D eigenvalue weighted by Crippen LogP contribution is 2.23. The monoisotopic (exact) mass is 443 g/mol. The minimum absolute atomic E-state index is 0.103. The van der Waals surface area contributed by atoms with Crippen LogP contribution in [0.5, 0.6) is 5.75 Å². The van der Waals surface area contributed by atoms with Crippen LogP contribution in [0.3, 0.4) is 0 Å². The molecule has 4 rings (SSSR count). The van der Waals surface area contributed by atoms with E-state index in [1.807, 2.05) is 67.1 Å². The second kappa shape index (κ2) is 9.56. The van der Waals surface area contributed by atoms with Gasteiger partial charge in [0.2, 0.25) is 0 Å². The number of ether oxygens (including phenoxy) is 1. The predicted octanol–water partition coefficient (Wildman–Crippen LogP) is 4.10. The molecule has 1 aliphatic heterocycles. The number of nitrogens with one attached hydrogen (secondary N) is 1. The van der Waals surface area contributed by atoms with Crippen molar-refractivity contribution in [3.05, 3.63) is 89.3 Å². The minimum Gasteiger partial charge on any atom is -0.492 e. The van der Waals surface area contributed by atoms with Gasteiger partial charge in [0.1, 0.15) is 17.9 Å². The fourth-order valence-corrected chi connectivity index (χ4v) is 3.65. The molecule has 0 bridgehead atoms. The molecular weight excluding hydrogens is 418 g/mol. The van der Waals surface area contributed by atoms with Crippen LogP contribution in [0.4, 0.5) is 10.5 Å². The number of anilines is 1. The van der Waals surface area contributed by atoms with E-state index in [9.17, 15) is 14.4 Å². The number of hydrogen-bond acceptors (Lipinski definition) is 4. The van der Waals surface area contributed by atoms with E-state index in [0.29, 0.717) is 24.5 Å². The molecule has 1 aliphatic rings. The summed E-state index contributed by atoms with van der Waals surface area (Å²) in [5, 5.41) is 2.26. The first-order chi connectivity index (χ1) is 16.0. The standard InChI is InChI=1S/C26H25N3O4/c1-3-19-9-11-20(12-10-19)29-25(31)23(24(30)27-26(29)32)17-21-7-5-13-28(21)14-15-33-22-8-4-6-18(2)16-22/h4-13,16-17H,3,14-15H2,1-2H3,(H,27,30,32). The molecule has 0 unspecified atom stereocenters. The summed E-state index contributed by atoms with van der Waals surface area (Å²) in [6, 6.07) is 17.8. The van der Waals surface area contributed by atoms with Crippen molar-refractivity contribution in [1.29, 1.82) is 0 Å². The molecule has 0 radical (unpaired) electrons. The topological polar surface area (TPSA) is 80.6 Å². The van der Waals surface area contributed by atoms with Gasteiger partial charge in [0.15, 0.2) is 0 Å². The predicted molar refractivity (Wildman–Crippen MR) is 126 cm³/mol. The highest BCUT2D eigenvalue weighted by molar-refractivity contribution is 6.39. The summed E-state index contributed by atoms with van der Waals surface area (Å²) < 4.78 is 7.70. The Morgan fingerprint density at radius 1 is 1.00 bits per heavy atom. The molecule has 0 aliphatic carbocycles. The molecule has 0 spiro atoms. The summed E-state index contributed by atoms with van der Waals surface area (Å²) in [6.45, 7) is 4.97. The number of amides is 4. The summed E-state index contributed by atoms with van der Waals surface area (Å²) in [5.41, 5.74) is 3.17. The van der Waals surface area contributed by atoms with Crippen LogP contribution in [0, 0.1) is 6.92 Å². The Hall–Kier alpha value is -4.13. The maximum absolute atomic E-state index is 13.1. The van der Waals surface area contributed by atoms with Gasteiger partial charge in [-0.05, 0) is 66.9 Å². The fraction of sp³-hybridized carbons (Fsp3) is 0.192. The number of hydrogen-bond donors (Lipinski definition) is 1. The Labute approximate surface area is 192 Å². The number of imide groups is 2. The van der Waals surface area contributed by atoms with E-state index >= 15 is 0 Å². The smallest absolute Gasteiger partial charge is 0.335 e. The van der Waals surface area contributed by atoms with Crippen molar-refractivity contribution < 1.29 is 19.1 Å². The van der Waals surface area contributed by atoms with Crippen molar-refractivity contribution in [2.24, 2.45) is 0 Å². The molecule has 4 amide bonds. The molecule has 0 atom stereocenters. The summed E-state index contributed by atoms with van der Waals surface area (Å²) >= 11 is 0. The second-order valence-corrected chi connectivity index (χ2v) is 7.77. The Morgan fingerprint density at radius 2 is 1.79 bits per heavy atom. The van der Waals surface area contributed by atoms with E-state index in [2.05, 4.69) is 5.32 Å². The van der Waals surface area contributed by atoms with Crippen LogP contribution in [0.2, 0.25) is 0 Å². The third-order valence-corrected chi connectivity index (χ3v) is 5.45. The molecule has 1 fully saturated rings. The van der Waals surface area contributed by atoms with Gasteiger partial charge >= 0.3 is 6.03 Å². The van der Waals surface area contributed by atoms with Crippen molar-refractivity contribution in [2.75, 3.05) is 11.5 Å². The molecule has 168 valence electrons. The van der Waals surface area contributed by atoms with Gasteiger partial charge in [-0.2, -0.15) is 0 Å². The average molecular weight is 444 g/mol. The summed E-state index contributed by atoms with van der Waals surface area (Å²) in [4.78, 5) is 39.0. The van der Waals surface area contributed by atoms with Crippen molar-refractivity contribution >= 4 is 29.6 Å². The first-order valence-electron chi connectivity index (χ1n) is 10.8. The summed E-state index contributed by atoms with van der Waals surface area (Å²) in [5.74, 6) is -0.584. The average Bonchev–Trinajstić information content (AvgIpc) is 3.24. The zero-order valence-electron chi connectivity index (χ0n) is 18.6. The molecule has 7 heteroatoms. The highest BCUT2D eigenvalue weighted by atomic mass is 16.5. The zero-order chi connectivity index (χ0) is 23.4. The lowest BCUT2D eigenvalue weighted by molar-refractivity contribution is -0.122. The summed E-state index contributed by atoms with van der Waals surface area (Å²) in [6.07, 6.45) is 4.20. The van der Waals surface area contributed by atoms with E-state index in [1.54, 1.807) is 18.2 Å². The van der Waals surface area contributed by atoms with Crippen LogP contribution in [0.25, 0.3) is 6.08 Å². The van der Waals surface area contributed by atoms with Gasteiger partial charge in [0.05, 0.1) is 12.2 Å². The van der Waals surface area contributed by atoms with E-state index < -0.39 is 17.8 Å². The van der Waals surface area contributed by atoms with E-state index in [0.717, 1.165) is 28.2 Å². The lowest BCUT2D eigenvalue weighted by Crippen LogP contribution is -2.54. The molecule has 33 heavy (non-hydrogen) atoms. The number of aromatic nitrogens is 1. The highest BCUT2D eigenvalue weighted by Gasteiger charge is 2.36. The molecular formula is C26H25N3O4. The first kappa shape index (κ1) is 22.1. The lowest BCUT2D eigenvalue weighted by atomic mass is 10.1. The second-order valence-electron chi connectivity index (χ2n) is 7.77. The van der Waals surface area contributed by atoms with Gasteiger partial charge in [-0.15, -0.1) is 0 Å². The number of carbonyl (C=O) groups excluding carboxylic acids is 3. The number of aryl methyl sites for hydroxylation is 2. The first-order valence-corrected chi connectivity index (χ1v) is 10.8. The van der Waals surface area contributed by atoms with Crippen LogP contribution in [0.15, 0.2) is 72.4 Å². The molecule has 2 heterocycles. The molecule has 3 aromatic rings. The maximum Gasteiger partial charge on any atom is 0.335 e. The van der Waals surface area contributed by atoms with Crippen molar-refractivity contribution in [1.82, 2.24) is 9.88 Å². The Morgan fingerprint density at radius 3 is 2.52 bits per heavy atom. The molecule has 2 aromatic carbocycles. The molecule has 1 aromatic heterocycles. The SMILES string of the molecule is CCc1ccc(N2C(=O)NC(=O)C(=Cc3cccn3CCOc3cccc(C)c3)C2=O)cc1. The van der Waals surface area contributed by atoms with E-state index in [1.165, 1.54) is 6.08 Å². The molecule has 1 N–H and O–H groups in total. The van der Waals surface area contributed by atoms with Gasteiger partial charge in [0, 0.05) is 11.9 Å². The van der Waals surface area contributed by atoms with Crippen molar-refractivity contribution in [2.45, 2.75) is 26.8 Å². The van der Waals surface area contributed by atoms with Crippen molar-refractivity contribution in [3.8, 4) is 5.75 Å². The zero-order valence-corrected chi connectivity index (χ0v) is 18.6. The van der Waals surface area contributed by atoms with Crippen molar-refractivity contribution in [3.63, 3.8) is 0 Å². The van der Waals surface area contributed by atoms with Gasteiger partial charge < -0.3 is 9.30 Å². The molecule has 7 nitrogen and oxygen atoms in total. The Bertz CT molecular complexity index is 1220. The third-order valence-electron chi connectivity index (χ3n) is 5.45. The fourth-order valence-electron chi connectivity index (χ4n) is 3.65. The lowest BCUT2D eigenvalue weighted by Gasteiger charge is -2.26. The minimum atomic E-state index is -0.756. The number of barbiturate groups is 1. The largest absolute Gasteiger partial charge is 0.492 e. The normalized spacial score (nSPS) is 15.2. The molecule has 1 saturated heterocycles. The third kappa shape index (κ3) is 4.87. The van der Waals surface area contributed by atoms with Gasteiger partial charge in [-0.3, -0.25) is 14.9 Å². The number of nitrogens with zero attached hydrogens (tertiary/aromatic N) is 2. The molecule has 0 saturated carbocycles. The number of carbonyl (C=O) groups is 3. The van der Waals surface area contributed by atoms with Crippen LogP contribution >= 0.6 is 0 Å². The quantitative estimate of drug-likeness (QED) is 0.440. The van der Waals surface area contributed by atoms with E-state index in [-0.39, 0.29) is 5.57 Å². The Kier molecular flexibility index (Phi) is 6.40. The number of urea groups is 1. The van der Waals surface area contributed by atoms with Crippen LogP contribution in [0.1, 0.15) is 23.7 Å². The van der Waals surface area contributed by atoms with Gasteiger partial charge in [0.25, 0.3) is 11.8 Å². The van der Waals surface area contributed by atoms with Crippen LogP contribution in [-0.4, -0.2) is 29.0 Å². The Balaban J connectivity index is 1.53. The number of benzene rings is 2. The van der Waals surface area contributed by atoms with E-state index in [4.69, 9.17) is 4.74 Å². The van der Waals surface area contributed by atoms with Gasteiger partial charge in [-0.25, -0.2) is 9.69 Å². The van der Waals surface area contributed by atoms with Crippen LogP contribution < -0.4 is 15.0 Å². The maximum atomic E-state index is 13.1. The van der Waals surface area contributed by atoms with Crippen LogP contribution in [-0.2, 0) is 22.6 Å².